The van der Waals surface area contributed by atoms with Gasteiger partial charge in [0.25, 0.3) is 0 Å². The van der Waals surface area contributed by atoms with Crippen LogP contribution in [0.1, 0.15) is 25.3 Å². The second-order valence-electron chi connectivity index (χ2n) is 7.62. The number of carbonyl (C=O) groups is 2. The van der Waals surface area contributed by atoms with Crippen LogP contribution in [0.2, 0.25) is 0 Å². The number of nitrogens with one attached hydrogen (secondary N) is 1. The van der Waals surface area contributed by atoms with Crippen LogP contribution >= 0.6 is 0 Å². The van der Waals surface area contributed by atoms with Crippen molar-refractivity contribution in [1.29, 1.82) is 5.26 Å². The summed E-state index contributed by atoms with van der Waals surface area (Å²) in [7, 11) is 0. The zero-order valence-electron chi connectivity index (χ0n) is 17.3. The van der Waals surface area contributed by atoms with Gasteiger partial charge in [-0.25, -0.2) is 0 Å². The number of nitriles is 1. The zero-order valence-corrected chi connectivity index (χ0v) is 17.3. The summed E-state index contributed by atoms with van der Waals surface area (Å²) < 4.78 is 6.08. The Balaban J connectivity index is 1.67. The summed E-state index contributed by atoms with van der Waals surface area (Å²) in [6, 6.07) is 21.3. The van der Waals surface area contributed by atoms with Crippen LogP contribution in [-0.2, 0) is 9.59 Å². The number of benzene rings is 2. The fourth-order valence-electron chi connectivity index (χ4n) is 3.97. The first-order valence-electron chi connectivity index (χ1n) is 10.3. The third-order valence-corrected chi connectivity index (χ3v) is 5.67. The number of likely N-dealkylation sites (tertiary alicyclic amines) is 1. The number of rotatable bonds is 4. The number of furan rings is 1. The average Bonchev–Trinajstić information content (AvgIpc) is 3.18. The molecule has 1 aromatic heterocycles. The van der Waals surface area contributed by atoms with Gasteiger partial charge in [-0.05, 0) is 18.4 Å². The molecule has 0 unspecified atom stereocenters. The molecule has 1 N–H and O–H groups in total. The highest BCUT2D eigenvalue weighted by molar-refractivity contribution is 5.96. The van der Waals surface area contributed by atoms with E-state index in [-0.39, 0.29) is 23.6 Å². The van der Waals surface area contributed by atoms with E-state index < -0.39 is 0 Å². The SMILES string of the molecule is CC(=O)N1CCC(C(=O)Nc2oc(-c3ccccc3)c(-c3ccccc3)c2C#N)CC1. The van der Waals surface area contributed by atoms with Gasteiger partial charge >= 0.3 is 0 Å². The lowest BCUT2D eigenvalue weighted by atomic mass is 9.95. The van der Waals surface area contributed by atoms with Crippen LogP contribution in [0.25, 0.3) is 22.5 Å². The lowest BCUT2D eigenvalue weighted by molar-refractivity contribution is -0.132. The van der Waals surface area contributed by atoms with Crippen LogP contribution in [-0.4, -0.2) is 29.8 Å². The summed E-state index contributed by atoms with van der Waals surface area (Å²) in [5.41, 5.74) is 2.64. The fourth-order valence-corrected chi connectivity index (χ4v) is 3.97. The van der Waals surface area contributed by atoms with E-state index in [2.05, 4.69) is 11.4 Å². The van der Waals surface area contributed by atoms with Crippen LogP contribution in [0, 0.1) is 17.2 Å². The topological polar surface area (TPSA) is 86.3 Å². The minimum Gasteiger partial charge on any atom is -0.438 e. The van der Waals surface area contributed by atoms with Gasteiger partial charge < -0.3 is 9.32 Å². The first-order chi connectivity index (χ1) is 15.1. The van der Waals surface area contributed by atoms with Crippen molar-refractivity contribution in [3.8, 4) is 28.5 Å². The van der Waals surface area contributed by atoms with Gasteiger partial charge in [0.15, 0.2) is 0 Å². The van der Waals surface area contributed by atoms with E-state index in [1.165, 1.54) is 0 Å². The molecule has 2 amide bonds. The molecule has 1 fully saturated rings. The van der Waals surface area contributed by atoms with Gasteiger partial charge in [-0.2, -0.15) is 5.26 Å². The van der Waals surface area contributed by atoms with Gasteiger partial charge in [0, 0.05) is 37.1 Å². The lowest BCUT2D eigenvalue weighted by Crippen LogP contribution is -2.40. The monoisotopic (exact) mass is 413 g/mol. The summed E-state index contributed by atoms with van der Waals surface area (Å²) >= 11 is 0. The van der Waals surface area contributed by atoms with E-state index in [9.17, 15) is 14.9 Å². The van der Waals surface area contributed by atoms with E-state index in [1.54, 1.807) is 11.8 Å². The first-order valence-corrected chi connectivity index (χ1v) is 10.3. The normalized spacial score (nSPS) is 14.1. The second kappa shape index (κ2) is 8.88. The van der Waals surface area contributed by atoms with E-state index in [4.69, 9.17) is 4.42 Å². The van der Waals surface area contributed by atoms with Crippen molar-refractivity contribution in [3.05, 3.63) is 66.2 Å². The zero-order chi connectivity index (χ0) is 21.8. The molecule has 2 aromatic carbocycles. The molecule has 0 saturated carbocycles. The predicted octanol–water partition coefficient (Wildman–Crippen LogP) is 4.68. The number of nitrogens with zero attached hydrogens (tertiary/aromatic N) is 2. The highest BCUT2D eigenvalue weighted by atomic mass is 16.4. The Morgan fingerprint density at radius 1 is 1.00 bits per heavy atom. The largest absolute Gasteiger partial charge is 0.438 e. The van der Waals surface area contributed by atoms with Crippen LogP contribution in [0.3, 0.4) is 0 Å². The number of hydrogen-bond donors (Lipinski definition) is 1. The molecule has 1 aliphatic heterocycles. The quantitative estimate of drug-likeness (QED) is 0.673. The van der Waals surface area contributed by atoms with Gasteiger partial charge in [0.05, 0.1) is 0 Å². The maximum Gasteiger partial charge on any atom is 0.229 e. The van der Waals surface area contributed by atoms with Gasteiger partial charge in [-0.1, -0.05) is 60.7 Å². The summed E-state index contributed by atoms with van der Waals surface area (Å²) in [6.45, 7) is 2.65. The van der Waals surface area contributed by atoms with Crippen molar-refractivity contribution in [1.82, 2.24) is 4.90 Å². The Labute approximate surface area is 181 Å². The molecule has 0 bridgehead atoms. The van der Waals surface area contributed by atoms with Crippen molar-refractivity contribution in [3.63, 3.8) is 0 Å². The Bertz CT molecular complexity index is 1120. The molecule has 0 aliphatic carbocycles. The van der Waals surface area contributed by atoms with Gasteiger partial charge in [-0.15, -0.1) is 0 Å². The van der Waals surface area contributed by atoms with E-state index in [1.807, 2.05) is 60.7 Å². The summed E-state index contributed by atoms with van der Waals surface area (Å²) in [4.78, 5) is 26.2. The fraction of sp³-hybridized carbons (Fsp3) is 0.240. The predicted molar refractivity (Wildman–Crippen MR) is 118 cm³/mol. The Morgan fingerprint density at radius 3 is 2.13 bits per heavy atom. The van der Waals surface area contributed by atoms with Crippen molar-refractivity contribution in [2.24, 2.45) is 5.92 Å². The Hall–Kier alpha value is -3.85. The molecular weight excluding hydrogens is 390 g/mol. The molecule has 4 rings (SSSR count). The van der Waals surface area contributed by atoms with E-state index >= 15 is 0 Å². The average molecular weight is 413 g/mol. The van der Waals surface area contributed by atoms with Gasteiger partial charge in [-0.3, -0.25) is 14.9 Å². The Morgan fingerprint density at radius 2 is 1.58 bits per heavy atom. The van der Waals surface area contributed by atoms with Gasteiger partial charge in [0.2, 0.25) is 17.7 Å². The molecular formula is C25H23N3O3. The van der Waals surface area contributed by atoms with E-state index in [0.717, 1.165) is 11.1 Å². The molecule has 6 nitrogen and oxygen atoms in total. The van der Waals surface area contributed by atoms with Crippen LogP contribution in [0.5, 0.6) is 0 Å². The number of hydrogen-bond acceptors (Lipinski definition) is 4. The molecule has 0 atom stereocenters. The molecule has 6 heteroatoms. The molecule has 156 valence electrons. The molecule has 3 aromatic rings. The molecule has 31 heavy (non-hydrogen) atoms. The third-order valence-electron chi connectivity index (χ3n) is 5.67. The number of carbonyl (C=O) groups excluding carboxylic acids is 2. The first kappa shape index (κ1) is 20.4. The lowest BCUT2D eigenvalue weighted by Gasteiger charge is -2.30. The van der Waals surface area contributed by atoms with Crippen molar-refractivity contribution < 1.29 is 14.0 Å². The van der Waals surface area contributed by atoms with Crippen molar-refractivity contribution in [2.75, 3.05) is 18.4 Å². The standard InChI is InChI=1S/C25H23N3O3/c1-17(29)28-14-12-20(13-15-28)24(30)27-25-21(16-26)22(18-8-4-2-5-9-18)23(31-25)19-10-6-3-7-11-19/h2-11,20H,12-15H2,1H3,(H,27,30). The number of amides is 2. The summed E-state index contributed by atoms with van der Waals surface area (Å²) in [5, 5.41) is 12.8. The maximum absolute atomic E-state index is 12.9. The van der Waals surface area contributed by atoms with E-state index in [0.29, 0.717) is 42.8 Å². The number of anilines is 1. The molecule has 1 saturated heterocycles. The maximum atomic E-state index is 12.9. The van der Waals surface area contributed by atoms with Gasteiger partial charge in [0.1, 0.15) is 17.4 Å². The minimum atomic E-state index is -0.229. The summed E-state index contributed by atoms with van der Waals surface area (Å²) in [6.07, 6.45) is 1.18. The molecule has 1 aliphatic rings. The summed E-state index contributed by atoms with van der Waals surface area (Å²) in [5.74, 6) is 0.321. The molecule has 0 radical (unpaired) electrons. The number of piperidine rings is 1. The highest BCUT2D eigenvalue weighted by Crippen LogP contribution is 2.41. The van der Waals surface area contributed by atoms with Crippen molar-refractivity contribution >= 4 is 17.7 Å². The Kier molecular flexibility index (Phi) is 5.85. The van der Waals surface area contributed by atoms with Crippen molar-refractivity contribution in [2.45, 2.75) is 19.8 Å². The van der Waals surface area contributed by atoms with Crippen LogP contribution < -0.4 is 5.32 Å². The van der Waals surface area contributed by atoms with Crippen LogP contribution in [0.15, 0.2) is 65.1 Å². The molecule has 2 heterocycles. The minimum absolute atomic E-state index is 0.0247. The second-order valence-corrected chi connectivity index (χ2v) is 7.62. The van der Waals surface area contributed by atoms with Crippen LogP contribution in [0.4, 0.5) is 5.88 Å². The highest BCUT2D eigenvalue weighted by Gasteiger charge is 2.29. The molecule has 0 spiro atoms. The third kappa shape index (κ3) is 4.22. The smallest absolute Gasteiger partial charge is 0.229 e.